The van der Waals surface area contributed by atoms with Gasteiger partial charge in [0.05, 0.1) is 25.4 Å². The van der Waals surface area contributed by atoms with Gasteiger partial charge in [0, 0.05) is 13.0 Å². The molecule has 2 aromatic carbocycles. The second-order valence-electron chi connectivity index (χ2n) is 7.48. The predicted octanol–water partition coefficient (Wildman–Crippen LogP) is 4.22. The fourth-order valence-electron chi connectivity index (χ4n) is 4.46. The van der Waals surface area contributed by atoms with Gasteiger partial charge in [-0.2, -0.15) is 0 Å². The molecule has 4 nitrogen and oxygen atoms in total. The molecule has 4 atom stereocenters. The first-order chi connectivity index (χ1) is 13.3. The number of rotatable bonds is 9. The molecule has 0 amide bonds. The maximum absolute atomic E-state index is 6.25. The highest BCUT2D eigenvalue weighted by Crippen LogP contribution is 2.45. The fourth-order valence-corrected chi connectivity index (χ4v) is 4.46. The summed E-state index contributed by atoms with van der Waals surface area (Å²) in [6.07, 6.45) is 3.95. The van der Waals surface area contributed by atoms with Gasteiger partial charge < -0.3 is 18.9 Å². The van der Waals surface area contributed by atoms with E-state index in [-0.39, 0.29) is 6.79 Å². The number of hydrogen-bond acceptors (Lipinski definition) is 4. The first kappa shape index (κ1) is 18.5. The molecule has 0 saturated carbocycles. The molecule has 4 rings (SSSR count). The Morgan fingerprint density at radius 1 is 0.926 bits per heavy atom. The Hall–Kier alpha value is -1.88. The van der Waals surface area contributed by atoms with Gasteiger partial charge in [-0.3, -0.25) is 0 Å². The van der Waals surface area contributed by atoms with Gasteiger partial charge >= 0.3 is 0 Å². The summed E-state index contributed by atoms with van der Waals surface area (Å²) in [7, 11) is 1.65. The number of para-hydroxylation sites is 1. The summed E-state index contributed by atoms with van der Waals surface area (Å²) in [5.41, 5.74) is 2.44. The van der Waals surface area contributed by atoms with Crippen LogP contribution in [0.3, 0.4) is 0 Å². The van der Waals surface area contributed by atoms with E-state index in [9.17, 15) is 0 Å². The average Bonchev–Trinajstić information content (AvgIpc) is 3.31. The second-order valence-corrected chi connectivity index (χ2v) is 7.48. The van der Waals surface area contributed by atoms with E-state index in [1.54, 1.807) is 7.11 Å². The van der Waals surface area contributed by atoms with Crippen LogP contribution in [0, 0.1) is 11.8 Å². The van der Waals surface area contributed by atoms with Gasteiger partial charge in [0.25, 0.3) is 0 Å². The van der Waals surface area contributed by atoms with Crippen LogP contribution >= 0.6 is 0 Å². The van der Waals surface area contributed by atoms with Crippen LogP contribution in [-0.4, -0.2) is 32.7 Å². The quantitative estimate of drug-likeness (QED) is 0.621. The van der Waals surface area contributed by atoms with Crippen molar-refractivity contribution in [3.05, 3.63) is 65.7 Å². The van der Waals surface area contributed by atoms with E-state index in [1.807, 2.05) is 18.2 Å². The minimum Gasteiger partial charge on any atom is -0.467 e. The minimum atomic E-state index is 0.272. The Morgan fingerprint density at radius 2 is 1.67 bits per heavy atom. The molecule has 4 heteroatoms. The normalized spacial score (nSPS) is 26.4. The van der Waals surface area contributed by atoms with Gasteiger partial charge in [-0.25, -0.2) is 0 Å². The van der Waals surface area contributed by atoms with Gasteiger partial charge in [-0.1, -0.05) is 48.5 Å². The number of fused-ring (bicyclic) bond motifs is 2. The van der Waals surface area contributed by atoms with Crippen molar-refractivity contribution in [2.45, 2.75) is 38.1 Å². The Bertz CT molecular complexity index is 717. The highest BCUT2D eigenvalue weighted by atomic mass is 16.7. The van der Waals surface area contributed by atoms with E-state index in [4.69, 9.17) is 18.9 Å². The number of ether oxygens (including phenoxy) is 4. The summed E-state index contributed by atoms with van der Waals surface area (Å²) in [4.78, 5) is 0. The molecule has 144 valence electrons. The summed E-state index contributed by atoms with van der Waals surface area (Å²) in [5.74, 6) is 1.83. The number of methoxy groups -OCH3 is 1. The van der Waals surface area contributed by atoms with Crippen LogP contribution in [0.4, 0.5) is 0 Å². The summed E-state index contributed by atoms with van der Waals surface area (Å²) in [6, 6.07) is 18.6. The van der Waals surface area contributed by atoms with Gasteiger partial charge in [-0.05, 0) is 42.4 Å². The first-order valence-corrected chi connectivity index (χ1v) is 9.82. The summed E-state index contributed by atoms with van der Waals surface area (Å²) in [6.45, 7) is 1.69. The summed E-state index contributed by atoms with van der Waals surface area (Å²) in [5, 5.41) is 0. The average molecular weight is 368 g/mol. The highest BCUT2D eigenvalue weighted by Gasteiger charge is 2.48. The molecule has 0 N–H and O–H groups in total. The molecule has 0 aromatic heterocycles. The van der Waals surface area contributed by atoms with E-state index >= 15 is 0 Å². The highest BCUT2D eigenvalue weighted by molar-refractivity contribution is 5.34. The lowest BCUT2D eigenvalue weighted by Gasteiger charge is -2.28. The smallest absolute Gasteiger partial charge is 0.188 e. The van der Waals surface area contributed by atoms with Gasteiger partial charge in [0.15, 0.2) is 6.79 Å². The van der Waals surface area contributed by atoms with Crippen molar-refractivity contribution >= 4 is 0 Å². The molecule has 0 unspecified atom stereocenters. The lowest BCUT2D eigenvalue weighted by molar-refractivity contribution is 0.0413. The molecule has 0 radical (unpaired) electrons. The molecule has 2 aliphatic heterocycles. The molecule has 2 aromatic rings. The Balaban J connectivity index is 1.40. The maximum Gasteiger partial charge on any atom is 0.188 e. The fraction of sp³-hybridized carbons (Fsp3) is 0.478. The standard InChI is InChI=1S/C23H28O4/c1-24-16-26-21-10-6-5-9-18(21)13-19-20(23-12-11-22(19)27-23)15-25-14-17-7-3-2-4-8-17/h2-10,19-20,22-23H,11-16H2,1H3/t19-,20+,22+,23-/m1/s1. The van der Waals surface area contributed by atoms with Crippen LogP contribution in [0.1, 0.15) is 24.0 Å². The van der Waals surface area contributed by atoms with Crippen molar-refractivity contribution in [1.82, 2.24) is 0 Å². The maximum atomic E-state index is 6.25. The van der Waals surface area contributed by atoms with E-state index in [0.717, 1.165) is 31.6 Å². The van der Waals surface area contributed by atoms with Crippen LogP contribution in [0.5, 0.6) is 5.75 Å². The Labute approximate surface area is 161 Å². The minimum absolute atomic E-state index is 0.272. The molecule has 2 saturated heterocycles. The molecule has 2 bridgehead atoms. The molecular formula is C23H28O4. The van der Waals surface area contributed by atoms with Crippen molar-refractivity contribution in [2.24, 2.45) is 11.8 Å². The molecular weight excluding hydrogens is 340 g/mol. The van der Waals surface area contributed by atoms with E-state index < -0.39 is 0 Å². The molecule has 2 aliphatic rings. The molecule has 27 heavy (non-hydrogen) atoms. The summed E-state index contributed by atoms with van der Waals surface area (Å²) < 4.78 is 23.2. The van der Waals surface area contributed by atoms with E-state index in [2.05, 4.69) is 36.4 Å². The number of benzene rings is 2. The van der Waals surface area contributed by atoms with Crippen molar-refractivity contribution in [3.63, 3.8) is 0 Å². The number of hydrogen-bond donors (Lipinski definition) is 0. The third kappa shape index (κ3) is 4.34. The predicted molar refractivity (Wildman–Crippen MR) is 104 cm³/mol. The zero-order chi connectivity index (χ0) is 18.5. The van der Waals surface area contributed by atoms with Crippen LogP contribution < -0.4 is 4.74 Å². The zero-order valence-corrected chi connectivity index (χ0v) is 15.9. The van der Waals surface area contributed by atoms with Gasteiger partial charge in [0.2, 0.25) is 0 Å². The second kappa shape index (κ2) is 8.87. The van der Waals surface area contributed by atoms with Crippen molar-refractivity contribution in [3.8, 4) is 5.75 Å². The van der Waals surface area contributed by atoms with Crippen LogP contribution in [0.2, 0.25) is 0 Å². The van der Waals surface area contributed by atoms with Crippen LogP contribution in [0.25, 0.3) is 0 Å². The topological polar surface area (TPSA) is 36.9 Å². The molecule has 0 aliphatic carbocycles. The third-order valence-electron chi connectivity index (χ3n) is 5.77. The lowest BCUT2D eigenvalue weighted by atomic mass is 9.76. The van der Waals surface area contributed by atoms with Crippen molar-refractivity contribution in [2.75, 3.05) is 20.5 Å². The van der Waals surface area contributed by atoms with Gasteiger partial charge in [0.1, 0.15) is 5.75 Å². The van der Waals surface area contributed by atoms with Crippen LogP contribution in [0.15, 0.2) is 54.6 Å². The monoisotopic (exact) mass is 368 g/mol. The molecule has 2 fully saturated rings. The molecule has 0 spiro atoms. The van der Waals surface area contributed by atoms with Crippen molar-refractivity contribution in [1.29, 1.82) is 0 Å². The lowest BCUT2D eigenvalue weighted by Crippen LogP contribution is -2.32. The third-order valence-corrected chi connectivity index (χ3v) is 5.77. The van der Waals surface area contributed by atoms with Crippen LogP contribution in [-0.2, 0) is 27.2 Å². The largest absolute Gasteiger partial charge is 0.467 e. The summed E-state index contributed by atoms with van der Waals surface area (Å²) >= 11 is 0. The Kier molecular flexibility index (Phi) is 6.07. The SMILES string of the molecule is COCOc1ccccc1C[C@@H]1[C@H](COCc2ccccc2)[C@H]2CC[C@@H]1O2. The zero-order valence-electron chi connectivity index (χ0n) is 15.9. The van der Waals surface area contributed by atoms with Crippen molar-refractivity contribution < 1.29 is 18.9 Å². The van der Waals surface area contributed by atoms with E-state index in [0.29, 0.717) is 30.7 Å². The van der Waals surface area contributed by atoms with Gasteiger partial charge in [-0.15, -0.1) is 0 Å². The molecule has 2 heterocycles. The van der Waals surface area contributed by atoms with E-state index in [1.165, 1.54) is 11.1 Å². The Morgan fingerprint density at radius 3 is 2.48 bits per heavy atom. The first-order valence-electron chi connectivity index (χ1n) is 9.82.